The molecule has 184 valence electrons. The molecule has 3 amide bonds. The van der Waals surface area contributed by atoms with Gasteiger partial charge in [0.2, 0.25) is 0 Å². The summed E-state index contributed by atoms with van der Waals surface area (Å²) >= 11 is 0.735. The molecule has 35 heavy (non-hydrogen) atoms. The first kappa shape index (κ1) is 25.8. The number of benzene rings is 2. The summed E-state index contributed by atoms with van der Waals surface area (Å²) in [4.78, 5) is 49.4. The van der Waals surface area contributed by atoms with Gasteiger partial charge in [-0.15, -0.1) is 0 Å². The summed E-state index contributed by atoms with van der Waals surface area (Å²) in [7, 11) is 1.18. The molecular formula is C25H26N2O7S. The Morgan fingerprint density at radius 3 is 2.49 bits per heavy atom. The zero-order valence-corrected chi connectivity index (χ0v) is 20.7. The highest BCUT2D eigenvalue weighted by atomic mass is 32.2. The fourth-order valence-electron chi connectivity index (χ4n) is 3.14. The molecule has 3 rings (SSSR count). The van der Waals surface area contributed by atoms with Crippen molar-refractivity contribution in [1.29, 1.82) is 0 Å². The van der Waals surface area contributed by atoms with Crippen molar-refractivity contribution in [3.8, 4) is 11.5 Å². The van der Waals surface area contributed by atoms with Crippen molar-refractivity contribution in [1.82, 2.24) is 4.90 Å². The number of thioether (sulfide) groups is 1. The Morgan fingerprint density at radius 1 is 1.03 bits per heavy atom. The topological polar surface area (TPSA) is 111 Å². The Bertz CT molecular complexity index is 1190. The largest absolute Gasteiger partial charge is 0.490 e. The van der Waals surface area contributed by atoms with E-state index in [0.29, 0.717) is 29.4 Å². The third-order valence-electron chi connectivity index (χ3n) is 5.10. The van der Waals surface area contributed by atoms with Crippen molar-refractivity contribution >= 4 is 46.5 Å². The molecule has 0 saturated carbocycles. The molecule has 1 fully saturated rings. The fourth-order valence-corrected chi connectivity index (χ4v) is 3.98. The second kappa shape index (κ2) is 11.6. The van der Waals surface area contributed by atoms with Crippen LogP contribution in [0.3, 0.4) is 0 Å². The summed E-state index contributed by atoms with van der Waals surface area (Å²) in [6.07, 6.45) is 1.53. The van der Waals surface area contributed by atoms with E-state index in [4.69, 9.17) is 9.47 Å². The molecule has 0 bridgehead atoms. The number of amides is 3. The Morgan fingerprint density at radius 2 is 1.80 bits per heavy atom. The van der Waals surface area contributed by atoms with Gasteiger partial charge >= 0.3 is 5.97 Å². The molecule has 1 N–H and O–H groups in total. The number of imide groups is 1. The van der Waals surface area contributed by atoms with Gasteiger partial charge in [-0.1, -0.05) is 12.1 Å². The van der Waals surface area contributed by atoms with Crippen molar-refractivity contribution in [2.75, 3.05) is 32.2 Å². The van der Waals surface area contributed by atoms with Crippen molar-refractivity contribution in [2.45, 2.75) is 20.8 Å². The first-order valence-corrected chi connectivity index (χ1v) is 11.6. The summed E-state index contributed by atoms with van der Waals surface area (Å²) in [5, 5.41) is 2.25. The van der Waals surface area contributed by atoms with Crippen LogP contribution in [0.25, 0.3) is 6.08 Å². The molecule has 1 aliphatic rings. The van der Waals surface area contributed by atoms with E-state index < -0.39 is 23.7 Å². The zero-order valence-electron chi connectivity index (χ0n) is 19.9. The molecule has 1 saturated heterocycles. The maximum Gasteiger partial charge on any atom is 0.325 e. The van der Waals surface area contributed by atoms with E-state index in [1.54, 1.807) is 25.1 Å². The Hall–Kier alpha value is -3.79. The van der Waals surface area contributed by atoms with Crippen molar-refractivity contribution in [2.24, 2.45) is 0 Å². The highest BCUT2D eigenvalue weighted by molar-refractivity contribution is 8.18. The highest BCUT2D eigenvalue weighted by Crippen LogP contribution is 2.34. The number of rotatable bonds is 9. The molecule has 10 heteroatoms. The van der Waals surface area contributed by atoms with Gasteiger partial charge in [0.1, 0.15) is 6.54 Å². The standard InChI is InChI=1S/C25H26N2O7S/c1-5-33-20-11-17(12-21-24(30)27(25(31)35-21)13-23(29)32-4)7-9-19(20)34-14-22(28)26-18-8-6-15(2)16(3)10-18/h6-12H,5,13-14H2,1-4H3,(H,26,28)/b21-12-. The predicted molar refractivity (Wildman–Crippen MR) is 132 cm³/mol. The molecule has 0 aliphatic carbocycles. The van der Waals surface area contributed by atoms with Crippen molar-refractivity contribution in [3.05, 3.63) is 58.0 Å². The van der Waals surface area contributed by atoms with Crippen LogP contribution in [0.15, 0.2) is 41.3 Å². The average Bonchev–Trinajstić information content (AvgIpc) is 3.08. The molecule has 2 aromatic carbocycles. The molecule has 0 radical (unpaired) electrons. The average molecular weight is 499 g/mol. The minimum absolute atomic E-state index is 0.169. The zero-order chi connectivity index (χ0) is 25.5. The predicted octanol–water partition coefficient (Wildman–Crippen LogP) is 3.93. The van der Waals surface area contributed by atoms with E-state index in [1.807, 2.05) is 32.0 Å². The molecule has 1 heterocycles. The minimum atomic E-state index is -0.685. The first-order valence-electron chi connectivity index (χ1n) is 10.8. The van der Waals surface area contributed by atoms with Crippen LogP contribution in [0.5, 0.6) is 11.5 Å². The molecule has 0 unspecified atom stereocenters. The van der Waals surface area contributed by atoms with Gasteiger partial charge in [-0.05, 0) is 79.6 Å². The summed E-state index contributed by atoms with van der Waals surface area (Å²) in [5.74, 6) is -0.840. The number of aryl methyl sites for hydroxylation is 2. The summed E-state index contributed by atoms with van der Waals surface area (Å²) in [5.41, 5.74) is 3.47. The van der Waals surface area contributed by atoms with Gasteiger partial charge in [0, 0.05) is 5.69 Å². The van der Waals surface area contributed by atoms with Crippen LogP contribution in [0.1, 0.15) is 23.6 Å². The number of hydrogen-bond acceptors (Lipinski definition) is 8. The van der Waals surface area contributed by atoms with Gasteiger partial charge in [-0.2, -0.15) is 0 Å². The van der Waals surface area contributed by atoms with Crippen molar-refractivity contribution in [3.63, 3.8) is 0 Å². The lowest BCUT2D eigenvalue weighted by Crippen LogP contribution is -2.34. The quantitative estimate of drug-likeness (QED) is 0.409. The van der Waals surface area contributed by atoms with Gasteiger partial charge in [0.25, 0.3) is 17.1 Å². The maximum absolute atomic E-state index is 12.5. The van der Waals surface area contributed by atoms with Crippen LogP contribution in [0, 0.1) is 13.8 Å². The Labute approximate surface area is 207 Å². The molecule has 0 atom stereocenters. The van der Waals surface area contributed by atoms with Crippen LogP contribution in [0.2, 0.25) is 0 Å². The minimum Gasteiger partial charge on any atom is -0.490 e. The van der Waals surface area contributed by atoms with Crippen LogP contribution in [-0.2, 0) is 19.1 Å². The lowest BCUT2D eigenvalue weighted by atomic mass is 10.1. The van der Waals surface area contributed by atoms with Crippen molar-refractivity contribution < 1.29 is 33.4 Å². The lowest BCUT2D eigenvalue weighted by molar-refractivity contribution is -0.143. The van der Waals surface area contributed by atoms with Crippen LogP contribution < -0.4 is 14.8 Å². The SMILES string of the molecule is CCOc1cc(/C=C2\SC(=O)N(CC(=O)OC)C2=O)ccc1OCC(=O)Nc1ccc(C)c(C)c1. The molecular weight excluding hydrogens is 472 g/mol. The summed E-state index contributed by atoms with van der Waals surface area (Å²) < 4.78 is 15.8. The van der Waals surface area contributed by atoms with E-state index in [-0.39, 0.29) is 17.4 Å². The highest BCUT2D eigenvalue weighted by Gasteiger charge is 2.36. The van der Waals surface area contributed by atoms with Gasteiger partial charge in [-0.3, -0.25) is 24.1 Å². The van der Waals surface area contributed by atoms with Crippen LogP contribution in [0.4, 0.5) is 10.5 Å². The van der Waals surface area contributed by atoms with Gasteiger partial charge < -0.3 is 19.5 Å². The second-order valence-electron chi connectivity index (χ2n) is 7.62. The normalized spacial score (nSPS) is 14.3. The number of nitrogens with zero attached hydrogens (tertiary/aromatic N) is 1. The number of methoxy groups -OCH3 is 1. The fraction of sp³-hybridized carbons (Fsp3) is 0.280. The first-order chi connectivity index (χ1) is 16.7. The molecule has 2 aromatic rings. The van der Waals surface area contributed by atoms with E-state index in [1.165, 1.54) is 13.2 Å². The van der Waals surface area contributed by atoms with E-state index in [9.17, 15) is 19.2 Å². The summed E-state index contributed by atoms with van der Waals surface area (Å²) in [6.45, 7) is 5.46. The Kier molecular flexibility index (Phi) is 8.53. The van der Waals surface area contributed by atoms with Crippen LogP contribution >= 0.6 is 11.8 Å². The van der Waals surface area contributed by atoms with Gasteiger partial charge in [-0.25, -0.2) is 0 Å². The second-order valence-corrected chi connectivity index (χ2v) is 8.61. The monoisotopic (exact) mass is 498 g/mol. The van der Waals surface area contributed by atoms with Gasteiger partial charge in [0.15, 0.2) is 18.1 Å². The number of anilines is 1. The number of hydrogen-bond donors (Lipinski definition) is 1. The number of esters is 1. The third-order valence-corrected chi connectivity index (χ3v) is 6.01. The maximum atomic E-state index is 12.5. The number of carbonyl (C=O) groups excluding carboxylic acids is 4. The van der Waals surface area contributed by atoms with Gasteiger partial charge in [0.05, 0.1) is 18.6 Å². The van der Waals surface area contributed by atoms with E-state index in [2.05, 4.69) is 10.1 Å². The molecule has 9 nitrogen and oxygen atoms in total. The lowest BCUT2D eigenvalue weighted by Gasteiger charge is -2.13. The van der Waals surface area contributed by atoms with E-state index in [0.717, 1.165) is 27.8 Å². The third kappa shape index (κ3) is 6.63. The smallest absolute Gasteiger partial charge is 0.325 e. The Balaban J connectivity index is 1.70. The van der Waals surface area contributed by atoms with E-state index >= 15 is 0 Å². The number of nitrogens with one attached hydrogen (secondary N) is 1. The molecule has 0 aromatic heterocycles. The number of carbonyl (C=O) groups is 4. The number of ether oxygens (including phenoxy) is 3. The molecule has 0 spiro atoms. The van der Waals surface area contributed by atoms with Crippen LogP contribution in [-0.4, -0.2) is 54.8 Å². The molecule has 1 aliphatic heterocycles. The summed E-state index contributed by atoms with van der Waals surface area (Å²) in [6, 6.07) is 10.6.